The Bertz CT molecular complexity index is 394. The molecule has 7 atom stereocenters. The maximum atomic E-state index is 12.4. The summed E-state index contributed by atoms with van der Waals surface area (Å²) < 4.78 is 26.7. The maximum Gasteiger partial charge on any atom is 0.0251 e. The summed E-state index contributed by atoms with van der Waals surface area (Å²) in [7, 11) is 0. The van der Waals surface area contributed by atoms with E-state index in [0.29, 0.717) is 35.5 Å². The minimum atomic E-state index is -2.12. The van der Waals surface area contributed by atoms with Crippen molar-refractivity contribution in [1.29, 1.82) is 0 Å². The van der Waals surface area contributed by atoms with Gasteiger partial charge in [-0.05, 0) is 61.2 Å². The van der Waals surface area contributed by atoms with Crippen LogP contribution in [-0.4, -0.2) is 25.2 Å². The number of hydrogen-bond donors (Lipinski definition) is 0. The Morgan fingerprint density at radius 1 is 0.833 bits per heavy atom. The van der Waals surface area contributed by atoms with Gasteiger partial charge in [-0.3, -0.25) is 4.21 Å². The quantitative estimate of drug-likeness (QED) is 0.650. The average Bonchev–Trinajstić information content (AvgIpc) is 2.46. The molecule has 0 radical (unpaired) electrons. The molecule has 2 fully saturated rings. The molecule has 0 spiro atoms. The first-order chi connectivity index (χ1) is 11.2. The van der Waals surface area contributed by atoms with E-state index < -0.39 is 11.3 Å². The summed E-state index contributed by atoms with van der Waals surface area (Å²) in [5.74, 6) is 3.37. The van der Waals surface area contributed by atoms with Crippen LogP contribution in [0.2, 0.25) is 0 Å². The van der Waals surface area contributed by atoms with Crippen molar-refractivity contribution in [3.05, 3.63) is 0 Å². The van der Waals surface area contributed by atoms with Crippen molar-refractivity contribution in [3.63, 3.8) is 0 Å². The molecule has 142 valence electrons. The van der Waals surface area contributed by atoms with Crippen molar-refractivity contribution < 1.29 is 8.76 Å². The van der Waals surface area contributed by atoms with E-state index >= 15 is 0 Å². The van der Waals surface area contributed by atoms with Crippen molar-refractivity contribution in [2.45, 2.75) is 92.2 Å². The fourth-order valence-corrected chi connectivity index (χ4v) is 6.28. The molecule has 2 aliphatic rings. The minimum absolute atomic E-state index is 0.198. The van der Waals surface area contributed by atoms with Crippen LogP contribution in [0.3, 0.4) is 0 Å². The molecule has 0 saturated heterocycles. The van der Waals surface area contributed by atoms with Gasteiger partial charge in [0.05, 0.1) is 0 Å². The van der Waals surface area contributed by atoms with Gasteiger partial charge in [0.2, 0.25) is 0 Å². The molecule has 4 heteroatoms. The van der Waals surface area contributed by atoms with Crippen molar-refractivity contribution in [2.75, 3.05) is 0 Å². The Hall–Kier alpha value is 0.0700. The average molecular weight is 357 g/mol. The molecule has 2 rings (SSSR count). The lowest BCUT2D eigenvalue weighted by Gasteiger charge is -2.51. The molecule has 0 aromatic rings. The Morgan fingerprint density at radius 3 is 1.50 bits per heavy atom. The van der Waals surface area contributed by atoms with Crippen LogP contribution >= 0.6 is 0 Å². The molecule has 7 unspecified atom stereocenters. The van der Waals surface area contributed by atoms with Gasteiger partial charge >= 0.3 is 0 Å². The molecular formula is C20H38NO2S-. The first kappa shape index (κ1) is 20.4. The van der Waals surface area contributed by atoms with E-state index in [-0.39, 0.29) is 12.1 Å². The SMILES string of the molecule is CC1CCC(C(C)C)C(N(C2CC(C)CCC2C(C)C)S(=O)[O-])C1. The van der Waals surface area contributed by atoms with Crippen LogP contribution in [0, 0.1) is 35.5 Å². The van der Waals surface area contributed by atoms with Gasteiger partial charge < -0.3 is 4.55 Å². The first-order valence-electron chi connectivity index (χ1n) is 10.1. The second-order valence-corrected chi connectivity index (χ2v) is 10.2. The third kappa shape index (κ3) is 4.62. The summed E-state index contributed by atoms with van der Waals surface area (Å²) in [6.07, 6.45) is 6.90. The van der Waals surface area contributed by atoms with Gasteiger partial charge in [-0.15, -0.1) is 0 Å². The lowest BCUT2D eigenvalue weighted by molar-refractivity contribution is 0.0326. The van der Waals surface area contributed by atoms with Gasteiger partial charge in [-0.1, -0.05) is 54.4 Å². The monoisotopic (exact) mass is 356 g/mol. The highest BCUT2D eigenvalue weighted by Gasteiger charge is 2.42. The van der Waals surface area contributed by atoms with Crippen LogP contribution in [0.25, 0.3) is 0 Å². The van der Waals surface area contributed by atoms with Gasteiger partial charge in [0.1, 0.15) is 0 Å². The standard InChI is InChI=1S/C20H39NO2S/c1-13(2)17-9-7-15(5)11-19(17)21(24(22)23)20-12-16(6)8-10-18(20)14(3)4/h13-20H,7-12H2,1-6H3,(H,22,23)/p-1. The number of hydrogen-bond acceptors (Lipinski definition) is 2. The summed E-state index contributed by atoms with van der Waals surface area (Å²) in [5, 5.41) is 0. The van der Waals surface area contributed by atoms with Crippen LogP contribution < -0.4 is 0 Å². The van der Waals surface area contributed by atoms with Gasteiger partial charge in [0.25, 0.3) is 0 Å². The summed E-state index contributed by atoms with van der Waals surface area (Å²) in [6.45, 7) is 13.6. The van der Waals surface area contributed by atoms with E-state index in [4.69, 9.17) is 0 Å². The van der Waals surface area contributed by atoms with Crippen LogP contribution in [0.15, 0.2) is 0 Å². The molecule has 3 nitrogen and oxygen atoms in total. The van der Waals surface area contributed by atoms with E-state index in [1.807, 2.05) is 4.31 Å². The fraction of sp³-hybridized carbons (Fsp3) is 1.00. The molecule has 24 heavy (non-hydrogen) atoms. The third-order valence-corrected chi connectivity index (χ3v) is 7.69. The molecule has 0 aromatic carbocycles. The zero-order valence-electron chi connectivity index (χ0n) is 16.5. The molecule has 2 aliphatic carbocycles. The minimum Gasteiger partial charge on any atom is -0.760 e. The van der Waals surface area contributed by atoms with E-state index in [1.165, 1.54) is 25.7 Å². The van der Waals surface area contributed by atoms with Gasteiger partial charge in [-0.2, -0.15) is 0 Å². The first-order valence-corrected chi connectivity index (χ1v) is 11.1. The summed E-state index contributed by atoms with van der Waals surface area (Å²) >= 11 is -2.12. The van der Waals surface area contributed by atoms with Crippen molar-refractivity contribution >= 4 is 11.3 Å². The Morgan fingerprint density at radius 2 is 1.21 bits per heavy atom. The fourth-order valence-electron chi connectivity index (χ4n) is 5.36. The molecule has 0 amide bonds. The molecule has 2 saturated carbocycles. The van der Waals surface area contributed by atoms with Crippen molar-refractivity contribution in [2.24, 2.45) is 35.5 Å². The Labute approximate surface area is 152 Å². The van der Waals surface area contributed by atoms with Crippen molar-refractivity contribution in [3.8, 4) is 0 Å². The van der Waals surface area contributed by atoms with Crippen LogP contribution in [0.5, 0.6) is 0 Å². The Balaban J connectivity index is 2.32. The van der Waals surface area contributed by atoms with Crippen LogP contribution in [-0.2, 0) is 11.3 Å². The van der Waals surface area contributed by atoms with Crippen LogP contribution in [0.4, 0.5) is 0 Å². The molecule has 0 N–H and O–H groups in total. The topological polar surface area (TPSA) is 43.4 Å². The smallest absolute Gasteiger partial charge is 0.0251 e. The lowest BCUT2D eigenvalue weighted by atomic mass is 9.70. The van der Waals surface area contributed by atoms with Crippen molar-refractivity contribution in [1.82, 2.24) is 4.31 Å². The maximum absolute atomic E-state index is 12.4. The molecule has 0 heterocycles. The molecule has 0 aromatic heterocycles. The number of nitrogens with zero attached hydrogens (tertiary/aromatic N) is 1. The molecule has 0 bridgehead atoms. The van der Waals surface area contributed by atoms with Gasteiger partial charge in [0.15, 0.2) is 0 Å². The molecule has 0 aliphatic heterocycles. The second-order valence-electron chi connectivity index (χ2n) is 9.36. The highest BCUT2D eigenvalue weighted by Crippen LogP contribution is 2.43. The van der Waals surface area contributed by atoms with E-state index in [1.54, 1.807) is 0 Å². The molecular weight excluding hydrogens is 318 g/mol. The highest BCUT2D eigenvalue weighted by molar-refractivity contribution is 7.76. The highest BCUT2D eigenvalue weighted by atomic mass is 32.2. The van der Waals surface area contributed by atoms with Gasteiger partial charge in [-0.25, -0.2) is 4.31 Å². The summed E-state index contributed by atoms with van der Waals surface area (Å²) in [5.41, 5.74) is 0. The predicted molar refractivity (Wildman–Crippen MR) is 101 cm³/mol. The lowest BCUT2D eigenvalue weighted by Crippen LogP contribution is -2.55. The van der Waals surface area contributed by atoms with Gasteiger partial charge in [0, 0.05) is 23.4 Å². The largest absolute Gasteiger partial charge is 0.760 e. The zero-order valence-corrected chi connectivity index (χ0v) is 17.3. The number of rotatable bonds is 5. The Kier molecular flexibility index (Phi) is 7.34. The van der Waals surface area contributed by atoms with E-state index in [2.05, 4.69) is 41.5 Å². The predicted octanol–water partition coefficient (Wildman–Crippen LogP) is 5.00. The van der Waals surface area contributed by atoms with Crippen LogP contribution in [0.1, 0.15) is 80.1 Å². The zero-order chi connectivity index (χ0) is 18.0. The van der Waals surface area contributed by atoms with E-state index in [9.17, 15) is 8.76 Å². The summed E-state index contributed by atoms with van der Waals surface area (Å²) in [4.78, 5) is 0. The summed E-state index contributed by atoms with van der Waals surface area (Å²) in [6, 6.07) is 0.396. The second kappa shape index (κ2) is 8.64. The normalized spacial score (nSPS) is 39.6. The third-order valence-electron chi connectivity index (χ3n) is 6.80. The van der Waals surface area contributed by atoms with E-state index in [0.717, 1.165) is 12.8 Å².